The van der Waals surface area contributed by atoms with Gasteiger partial charge in [-0.1, -0.05) is 336 Å². The van der Waals surface area contributed by atoms with Crippen molar-refractivity contribution in [3.8, 4) is 0 Å². The molecule has 0 saturated heterocycles. The highest BCUT2D eigenvalue weighted by atomic mass is 31.2. The largest absolute Gasteiger partial charge is 0.472 e. The van der Waals surface area contributed by atoms with Gasteiger partial charge in [0.05, 0.1) is 26.4 Å². The highest BCUT2D eigenvalue weighted by Gasteiger charge is 2.30. The van der Waals surface area contributed by atoms with E-state index in [0.29, 0.717) is 25.7 Å². The SMILES string of the molecule is CCCCCCCCCCCCCCCCCCCCCCC(=O)O[C@H](COC(=O)CCCCCCCCCCCCCCCC)COP(=O)(O)OC[C@@H](O)COP(=O)(O)OC[C@@H](COC(=O)CCCCCCCCC)OC(=O)CCCCCCCCCCCC(C)C. The number of carbonyl (C=O) groups is 4. The Morgan fingerprint density at radius 1 is 0.290 bits per heavy atom. The van der Waals surface area contributed by atoms with Crippen LogP contribution in [0.25, 0.3) is 0 Å². The van der Waals surface area contributed by atoms with Gasteiger partial charge in [0.15, 0.2) is 12.2 Å². The Bertz CT molecular complexity index is 1790. The Balaban J connectivity index is 5.17. The fraction of sp³-hybridized carbons (Fsp3) is 0.946. The van der Waals surface area contributed by atoms with Gasteiger partial charge in [-0.15, -0.1) is 0 Å². The van der Waals surface area contributed by atoms with Crippen LogP contribution in [0.4, 0.5) is 0 Å². The Morgan fingerprint density at radius 3 is 0.731 bits per heavy atom. The molecular formula is C74H144O17P2. The molecule has 0 bridgehead atoms. The predicted octanol–water partition coefficient (Wildman–Crippen LogP) is 21.7. The van der Waals surface area contributed by atoms with Crippen LogP contribution in [0.15, 0.2) is 0 Å². The van der Waals surface area contributed by atoms with Crippen molar-refractivity contribution in [3.63, 3.8) is 0 Å². The van der Waals surface area contributed by atoms with E-state index in [0.717, 1.165) is 109 Å². The predicted molar refractivity (Wildman–Crippen MR) is 377 cm³/mol. The van der Waals surface area contributed by atoms with Crippen LogP contribution in [0.3, 0.4) is 0 Å². The quantitative estimate of drug-likeness (QED) is 0.0222. The molecule has 0 aromatic rings. The Morgan fingerprint density at radius 2 is 0.495 bits per heavy atom. The van der Waals surface area contributed by atoms with Crippen molar-refractivity contribution in [2.45, 2.75) is 406 Å². The lowest BCUT2D eigenvalue weighted by Gasteiger charge is -2.21. The molecule has 0 radical (unpaired) electrons. The minimum Gasteiger partial charge on any atom is -0.462 e. The van der Waals surface area contributed by atoms with Crippen molar-refractivity contribution >= 4 is 39.5 Å². The molecule has 0 rings (SSSR count). The third-order valence-corrected chi connectivity index (χ3v) is 19.2. The summed E-state index contributed by atoms with van der Waals surface area (Å²) in [4.78, 5) is 72.6. The molecule has 0 aliphatic rings. The lowest BCUT2D eigenvalue weighted by molar-refractivity contribution is -0.161. The molecule has 0 saturated carbocycles. The Hall–Kier alpha value is -1.94. The molecule has 0 aromatic carbocycles. The molecule has 17 nitrogen and oxygen atoms in total. The minimum absolute atomic E-state index is 0.105. The zero-order chi connectivity index (χ0) is 68.4. The molecule has 0 fully saturated rings. The van der Waals surface area contributed by atoms with Crippen molar-refractivity contribution in [1.82, 2.24) is 0 Å². The monoisotopic (exact) mass is 1370 g/mol. The third kappa shape index (κ3) is 68.4. The fourth-order valence-corrected chi connectivity index (χ4v) is 12.9. The molecule has 0 aliphatic heterocycles. The minimum atomic E-state index is -4.95. The molecule has 3 N–H and O–H groups in total. The van der Waals surface area contributed by atoms with Crippen molar-refractivity contribution < 1.29 is 80.2 Å². The van der Waals surface area contributed by atoms with Crippen LogP contribution in [-0.2, 0) is 65.4 Å². The molecule has 2 unspecified atom stereocenters. The van der Waals surface area contributed by atoms with E-state index < -0.39 is 97.5 Å². The van der Waals surface area contributed by atoms with Crippen LogP contribution < -0.4 is 0 Å². The van der Waals surface area contributed by atoms with Crippen molar-refractivity contribution in [2.24, 2.45) is 5.92 Å². The van der Waals surface area contributed by atoms with Crippen LogP contribution in [-0.4, -0.2) is 96.7 Å². The number of esters is 4. The van der Waals surface area contributed by atoms with E-state index in [1.165, 1.54) is 199 Å². The van der Waals surface area contributed by atoms with E-state index in [9.17, 15) is 43.2 Å². The summed E-state index contributed by atoms with van der Waals surface area (Å²) in [5.41, 5.74) is 0. The zero-order valence-corrected chi connectivity index (χ0v) is 62.2. The van der Waals surface area contributed by atoms with Crippen molar-refractivity contribution in [2.75, 3.05) is 39.6 Å². The summed E-state index contributed by atoms with van der Waals surface area (Å²) in [5, 5.41) is 10.6. The van der Waals surface area contributed by atoms with Gasteiger partial charge in [-0.25, -0.2) is 9.13 Å². The maximum Gasteiger partial charge on any atom is 0.472 e. The van der Waals surface area contributed by atoms with Crippen molar-refractivity contribution in [1.29, 1.82) is 0 Å². The fourth-order valence-electron chi connectivity index (χ4n) is 11.4. The van der Waals surface area contributed by atoms with E-state index in [-0.39, 0.29) is 25.7 Å². The van der Waals surface area contributed by atoms with Crippen LogP contribution >= 0.6 is 15.6 Å². The number of aliphatic hydroxyl groups is 1. The molecule has 552 valence electrons. The summed E-state index contributed by atoms with van der Waals surface area (Å²) >= 11 is 0. The normalized spacial score (nSPS) is 14.0. The molecule has 93 heavy (non-hydrogen) atoms. The first-order valence-electron chi connectivity index (χ1n) is 38.6. The average Bonchev–Trinajstić information content (AvgIpc) is 2.89. The first-order chi connectivity index (χ1) is 45.0. The van der Waals surface area contributed by atoms with E-state index in [1.54, 1.807) is 0 Å². The van der Waals surface area contributed by atoms with E-state index in [1.807, 2.05) is 0 Å². The molecule has 0 aliphatic carbocycles. The maximum absolute atomic E-state index is 13.1. The molecule has 0 aromatic heterocycles. The zero-order valence-electron chi connectivity index (χ0n) is 60.4. The summed E-state index contributed by atoms with van der Waals surface area (Å²) in [6.45, 7) is 7.21. The second-order valence-corrected chi connectivity index (χ2v) is 30.1. The van der Waals surface area contributed by atoms with Gasteiger partial charge in [0.25, 0.3) is 0 Å². The summed E-state index contributed by atoms with van der Waals surface area (Å²) in [7, 11) is -9.90. The molecule has 0 amide bonds. The summed E-state index contributed by atoms with van der Waals surface area (Å²) in [5.74, 6) is -1.38. The van der Waals surface area contributed by atoms with Gasteiger partial charge >= 0.3 is 39.5 Å². The van der Waals surface area contributed by atoms with E-state index >= 15 is 0 Å². The number of ether oxygens (including phenoxy) is 4. The number of hydrogen-bond donors (Lipinski definition) is 3. The van der Waals surface area contributed by atoms with E-state index in [2.05, 4.69) is 34.6 Å². The second-order valence-electron chi connectivity index (χ2n) is 27.2. The van der Waals surface area contributed by atoms with Gasteiger partial charge < -0.3 is 33.8 Å². The van der Waals surface area contributed by atoms with Gasteiger partial charge in [0, 0.05) is 25.7 Å². The van der Waals surface area contributed by atoms with Crippen molar-refractivity contribution in [3.05, 3.63) is 0 Å². The Kier molecular flexibility index (Phi) is 65.9. The summed E-state index contributed by atoms with van der Waals surface area (Å²) in [6, 6.07) is 0. The number of rotatable bonds is 74. The van der Waals surface area contributed by atoms with Gasteiger partial charge in [0.2, 0.25) is 0 Å². The standard InChI is InChI=1S/C74H144O17P2/c1-6-9-12-15-18-20-22-24-26-27-28-29-30-31-33-35-39-44-49-54-59-73(78)91-70(64-85-72(77)58-53-48-43-38-34-32-25-23-21-19-16-13-10-7-2)66-89-93(82,83)87-62-68(75)61-86-92(80,81)88-65-69(63-84-71(76)57-52-47-41-17-14-11-8-3)90-74(79)60-55-50-45-40-36-37-42-46-51-56-67(4)5/h67-70,75H,6-66H2,1-5H3,(H,80,81)(H,82,83)/t68-,69+,70+/m0/s1. The van der Waals surface area contributed by atoms with Crippen LogP contribution in [0.5, 0.6) is 0 Å². The van der Waals surface area contributed by atoms with Gasteiger partial charge in [-0.05, 0) is 31.6 Å². The number of unbranched alkanes of at least 4 members (excludes halogenated alkanes) is 46. The number of hydrogen-bond acceptors (Lipinski definition) is 15. The van der Waals surface area contributed by atoms with Crippen LogP contribution in [0, 0.1) is 5.92 Å². The highest BCUT2D eigenvalue weighted by molar-refractivity contribution is 7.47. The summed E-state index contributed by atoms with van der Waals surface area (Å²) < 4.78 is 68.3. The summed E-state index contributed by atoms with van der Waals surface area (Å²) in [6.07, 6.45) is 55.7. The first-order valence-corrected chi connectivity index (χ1v) is 41.6. The molecule has 5 atom stereocenters. The van der Waals surface area contributed by atoms with Crippen LogP contribution in [0.1, 0.15) is 388 Å². The number of phosphoric acid groups is 2. The smallest absolute Gasteiger partial charge is 0.462 e. The average molecular weight is 1370 g/mol. The molecule has 19 heteroatoms. The van der Waals surface area contributed by atoms with E-state index in [4.69, 9.17) is 37.0 Å². The molecule has 0 spiro atoms. The van der Waals surface area contributed by atoms with Crippen LogP contribution in [0.2, 0.25) is 0 Å². The lowest BCUT2D eigenvalue weighted by atomic mass is 10.0. The maximum atomic E-state index is 13.1. The molecular weight excluding hydrogens is 1220 g/mol. The first kappa shape index (κ1) is 91.1. The number of carbonyl (C=O) groups excluding carboxylic acids is 4. The van der Waals surface area contributed by atoms with Gasteiger partial charge in [0.1, 0.15) is 19.3 Å². The van der Waals surface area contributed by atoms with Gasteiger partial charge in [-0.3, -0.25) is 37.3 Å². The Labute approximate surface area is 568 Å². The third-order valence-electron chi connectivity index (χ3n) is 17.3. The second kappa shape index (κ2) is 67.3. The highest BCUT2D eigenvalue weighted by Crippen LogP contribution is 2.45. The van der Waals surface area contributed by atoms with Gasteiger partial charge in [-0.2, -0.15) is 0 Å². The number of phosphoric ester groups is 2. The lowest BCUT2D eigenvalue weighted by Crippen LogP contribution is -2.30. The topological polar surface area (TPSA) is 237 Å². The number of aliphatic hydroxyl groups excluding tert-OH is 1. The molecule has 0 heterocycles.